The molecular formula is C54H96NO8+. The van der Waals surface area contributed by atoms with Gasteiger partial charge in [-0.3, -0.25) is 9.59 Å². The number of ether oxygens (including phenoxy) is 4. The van der Waals surface area contributed by atoms with E-state index in [1.807, 2.05) is 21.1 Å². The zero-order chi connectivity index (χ0) is 46.3. The third-order valence-corrected chi connectivity index (χ3v) is 10.8. The van der Waals surface area contributed by atoms with Gasteiger partial charge in [0.15, 0.2) is 6.10 Å². The molecule has 0 fully saturated rings. The number of quaternary nitrogens is 1. The lowest BCUT2D eigenvalue weighted by atomic mass is 10.0. The molecule has 9 nitrogen and oxygen atoms in total. The Morgan fingerprint density at radius 2 is 0.905 bits per heavy atom. The van der Waals surface area contributed by atoms with Gasteiger partial charge >= 0.3 is 17.9 Å². The summed E-state index contributed by atoms with van der Waals surface area (Å²) < 4.78 is 22.8. The Labute approximate surface area is 386 Å². The van der Waals surface area contributed by atoms with Crippen LogP contribution in [0.2, 0.25) is 0 Å². The fourth-order valence-electron chi connectivity index (χ4n) is 6.86. The molecule has 0 rings (SSSR count). The Balaban J connectivity index is 4.39. The Morgan fingerprint density at radius 3 is 1.35 bits per heavy atom. The molecule has 0 bridgehead atoms. The summed E-state index contributed by atoms with van der Waals surface area (Å²) in [4.78, 5) is 37.3. The lowest BCUT2D eigenvalue weighted by Crippen LogP contribution is -2.40. The molecule has 2 unspecified atom stereocenters. The first-order valence-corrected chi connectivity index (χ1v) is 25.5. The summed E-state index contributed by atoms with van der Waals surface area (Å²) in [5.74, 6) is -2.03. The van der Waals surface area contributed by atoms with Crippen LogP contribution in [0.15, 0.2) is 60.8 Å². The Morgan fingerprint density at radius 1 is 0.492 bits per heavy atom. The Bertz CT molecular complexity index is 1220. The molecule has 0 aliphatic carbocycles. The first-order chi connectivity index (χ1) is 30.6. The van der Waals surface area contributed by atoms with Crippen molar-refractivity contribution in [2.24, 2.45) is 0 Å². The second kappa shape index (κ2) is 45.6. The lowest BCUT2D eigenvalue weighted by molar-refractivity contribution is -0.870. The summed E-state index contributed by atoms with van der Waals surface area (Å²) in [5.41, 5.74) is 0. The topological polar surface area (TPSA) is 108 Å². The maximum Gasteiger partial charge on any atom is 0.361 e. The minimum absolute atomic E-state index is 0.182. The van der Waals surface area contributed by atoms with Crippen LogP contribution in [0, 0.1) is 0 Å². The largest absolute Gasteiger partial charge is 0.477 e. The van der Waals surface area contributed by atoms with Gasteiger partial charge in [0.25, 0.3) is 6.29 Å². The van der Waals surface area contributed by atoms with E-state index in [0.29, 0.717) is 23.9 Å². The monoisotopic (exact) mass is 887 g/mol. The highest BCUT2D eigenvalue weighted by atomic mass is 16.7. The molecule has 0 saturated carbocycles. The number of hydrogen-bond acceptors (Lipinski definition) is 7. The van der Waals surface area contributed by atoms with Crippen molar-refractivity contribution in [1.29, 1.82) is 0 Å². The van der Waals surface area contributed by atoms with Gasteiger partial charge in [-0.1, -0.05) is 197 Å². The van der Waals surface area contributed by atoms with E-state index in [1.165, 1.54) is 89.9 Å². The highest BCUT2D eigenvalue weighted by molar-refractivity contribution is 5.71. The zero-order valence-corrected chi connectivity index (χ0v) is 41.2. The quantitative estimate of drug-likeness (QED) is 0.0212. The van der Waals surface area contributed by atoms with E-state index >= 15 is 0 Å². The van der Waals surface area contributed by atoms with Crippen molar-refractivity contribution >= 4 is 17.9 Å². The van der Waals surface area contributed by atoms with Gasteiger partial charge in [0.2, 0.25) is 0 Å². The fourth-order valence-corrected chi connectivity index (χ4v) is 6.86. The first kappa shape index (κ1) is 60.0. The van der Waals surface area contributed by atoms with Gasteiger partial charge in [0, 0.05) is 12.8 Å². The van der Waals surface area contributed by atoms with Crippen LogP contribution < -0.4 is 0 Å². The van der Waals surface area contributed by atoms with Gasteiger partial charge in [-0.05, 0) is 57.8 Å². The average molecular weight is 887 g/mol. The standard InChI is InChI=1S/C54H95NO8/c1-6-8-10-12-14-16-18-20-22-24-25-26-27-29-31-33-35-37-39-41-43-45-52(57)63-50(49-62-54(53(58)59)60-47-46-55(3,4)5)48-61-51(56)44-42-40-38-36-34-32-30-28-23-21-19-17-15-13-11-9-7-2/h8,10,14,16,20,22,25-26,29,31,50,54H,6-7,9,11-13,15,17-19,21,23-24,27-28,30,32-49H2,1-5H3/p+1/b10-8-,16-14-,22-20-,26-25-,31-29-. The van der Waals surface area contributed by atoms with Crippen LogP contribution in [0.4, 0.5) is 0 Å². The second-order valence-electron chi connectivity index (χ2n) is 18.1. The van der Waals surface area contributed by atoms with Gasteiger partial charge in [0.1, 0.15) is 13.2 Å². The molecule has 0 heterocycles. The van der Waals surface area contributed by atoms with Crippen molar-refractivity contribution in [2.75, 3.05) is 47.5 Å². The smallest absolute Gasteiger partial charge is 0.361 e. The van der Waals surface area contributed by atoms with E-state index in [0.717, 1.165) is 83.5 Å². The first-order valence-electron chi connectivity index (χ1n) is 25.5. The van der Waals surface area contributed by atoms with E-state index in [1.54, 1.807) is 0 Å². The van der Waals surface area contributed by atoms with Crippen molar-refractivity contribution in [2.45, 2.75) is 219 Å². The van der Waals surface area contributed by atoms with Crippen molar-refractivity contribution in [3.63, 3.8) is 0 Å². The van der Waals surface area contributed by atoms with Crippen molar-refractivity contribution in [3.05, 3.63) is 60.8 Å². The third kappa shape index (κ3) is 46.8. The minimum atomic E-state index is -1.52. The van der Waals surface area contributed by atoms with Crippen molar-refractivity contribution < 1.29 is 42.9 Å². The van der Waals surface area contributed by atoms with Gasteiger partial charge in [-0.2, -0.15) is 0 Å². The number of aliphatic carboxylic acids is 1. The SMILES string of the molecule is CC/C=C\C/C=C\C/C=C\C/C=C\C/C=C\CCCCCCCC(=O)OC(COC(=O)CCCCCCCCCCCCCCCCCCC)COC(OCC[N+](C)(C)C)C(=O)O. The number of carboxylic acids is 1. The molecule has 9 heteroatoms. The minimum Gasteiger partial charge on any atom is -0.477 e. The van der Waals surface area contributed by atoms with E-state index in [2.05, 4.69) is 74.6 Å². The van der Waals surface area contributed by atoms with Gasteiger partial charge in [-0.25, -0.2) is 4.79 Å². The number of hydrogen-bond donors (Lipinski definition) is 1. The lowest BCUT2D eigenvalue weighted by Gasteiger charge is -2.25. The number of carbonyl (C=O) groups excluding carboxylic acids is 2. The fraction of sp³-hybridized carbons (Fsp3) is 0.759. The summed E-state index contributed by atoms with van der Waals surface area (Å²) in [6.45, 7) is 4.75. The predicted molar refractivity (Wildman–Crippen MR) is 263 cm³/mol. The number of carbonyl (C=O) groups is 3. The molecule has 0 saturated heterocycles. The molecule has 364 valence electrons. The number of esters is 2. The average Bonchev–Trinajstić information content (AvgIpc) is 3.24. The molecule has 63 heavy (non-hydrogen) atoms. The van der Waals surface area contributed by atoms with Crippen LogP contribution >= 0.6 is 0 Å². The van der Waals surface area contributed by atoms with Crippen LogP contribution in [0.5, 0.6) is 0 Å². The number of likely N-dealkylation sites (N-methyl/N-ethyl adjacent to an activating group) is 1. The number of unbranched alkanes of at least 4 members (excludes halogenated alkanes) is 21. The van der Waals surface area contributed by atoms with Crippen molar-refractivity contribution in [3.8, 4) is 0 Å². The van der Waals surface area contributed by atoms with Gasteiger partial charge in [0.05, 0.1) is 34.4 Å². The molecule has 0 spiro atoms. The summed E-state index contributed by atoms with van der Waals surface area (Å²) in [7, 11) is 5.95. The molecule has 0 aliphatic rings. The van der Waals surface area contributed by atoms with E-state index in [4.69, 9.17) is 18.9 Å². The highest BCUT2D eigenvalue weighted by Gasteiger charge is 2.25. The number of rotatable bonds is 46. The molecule has 0 aromatic rings. The van der Waals surface area contributed by atoms with Gasteiger partial charge in [-0.15, -0.1) is 0 Å². The maximum atomic E-state index is 12.8. The van der Waals surface area contributed by atoms with E-state index in [9.17, 15) is 19.5 Å². The van der Waals surface area contributed by atoms with Crippen LogP contribution in [0.1, 0.15) is 206 Å². The molecule has 0 aromatic carbocycles. The molecule has 1 N–H and O–H groups in total. The van der Waals surface area contributed by atoms with Crippen molar-refractivity contribution in [1.82, 2.24) is 0 Å². The summed E-state index contributed by atoms with van der Waals surface area (Å²) >= 11 is 0. The highest BCUT2D eigenvalue weighted by Crippen LogP contribution is 2.15. The third-order valence-electron chi connectivity index (χ3n) is 10.8. The number of carboxylic acid groups (broad SMARTS) is 1. The molecule has 2 atom stereocenters. The van der Waals surface area contributed by atoms with Crippen LogP contribution in [-0.4, -0.2) is 87.4 Å². The maximum absolute atomic E-state index is 12.8. The van der Waals surface area contributed by atoms with Gasteiger partial charge < -0.3 is 28.5 Å². The van der Waals surface area contributed by atoms with Crippen LogP contribution in [0.3, 0.4) is 0 Å². The normalized spacial score (nSPS) is 13.3. The molecule has 0 aromatic heterocycles. The Kier molecular flexibility index (Phi) is 43.4. The van der Waals surface area contributed by atoms with E-state index < -0.39 is 24.3 Å². The molecular weight excluding hydrogens is 791 g/mol. The summed E-state index contributed by atoms with van der Waals surface area (Å²) in [6.07, 6.45) is 52.8. The number of allylic oxidation sites excluding steroid dienone is 10. The van der Waals surface area contributed by atoms with E-state index in [-0.39, 0.29) is 32.2 Å². The van der Waals surface area contributed by atoms with Crippen LogP contribution in [0.25, 0.3) is 0 Å². The second-order valence-corrected chi connectivity index (χ2v) is 18.1. The van der Waals surface area contributed by atoms with Crippen LogP contribution in [-0.2, 0) is 33.3 Å². The summed E-state index contributed by atoms with van der Waals surface area (Å²) in [5, 5.41) is 9.67. The summed E-state index contributed by atoms with van der Waals surface area (Å²) in [6, 6.07) is 0. The molecule has 0 radical (unpaired) electrons. The predicted octanol–water partition coefficient (Wildman–Crippen LogP) is 14.1. The number of nitrogens with zero attached hydrogens (tertiary/aromatic N) is 1. The molecule has 0 amide bonds. The zero-order valence-electron chi connectivity index (χ0n) is 41.2. The Hall–Kier alpha value is -3.01. The molecule has 0 aliphatic heterocycles.